The van der Waals surface area contributed by atoms with Crippen LogP contribution in [-0.4, -0.2) is 17.3 Å². The zero-order chi connectivity index (χ0) is 25.5. The Balaban J connectivity index is 1.56. The fourth-order valence-corrected chi connectivity index (χ4v) is 10.3. The van der Waals surface area contributed by atoms with E-state index in [-0.39, 0.29) is 0 Å². The molecule has 0 heterocycles. The van der Waals surface area contributed by atoms with Crippen LogP contribution in [0.5, 0.6) is 0 Å². The lowest BCUT2D eigenvalue weighted by molar-refractivity contribution is 0.354. The molecule has 2 unspecified atom stereocenters. The zero-order valence-corrected chi connectivity index (χ0v) is 23.1. The maximum atomic E-state index is 4.17. The molecular weight excluding hydrogens is 484 g/mol. The lowest BCUT2D eigenvalue weighted by Gasteiger charge is -2.40. The van der Waals surface area contributed by atoms with Gasteiger partial charge in [0.2, 0.25) is 0 Å². The summed E-state index contributed by atoms with van der Waals surface area (Å²) in [5.41, 5.74) is 0. The Kier molecular flexibility index (Phi) is 8.60. The summed E-state index contributed by atoms with van der Waals surface area (Å²) in [6, 6.07) is 44.4. The molecule has 1 aliphatic carbocycles. The average molecular weight is 518 g/mol. The second-order valence-electron chi connectivity index (χ2n) is 9.14. The minimum atomic E-state index is -0.714. The van der Waals surface area contributed by atoms with Crippen LogP contribution in [0.25, 0.3) is 0 Å². The molecular formula is C34H33NP2. The molecule has 0 N–H and O–H groups in total. The molecule has 0 bridgehead atoms. The topological polar surface area (TPSA) is 3.24 Å². The van der Waals surface area contributed by atoms with Crippen molar-refractivity contribution in [3.8, 4) is 0 Å². The fraction of sp³-hybridized carbons (Fsp3) is 0.118. The summed E-state index contributed by atoms with van der Waals surface area (Å²) in [5.74, 6) is 0.323. The number of hydrogen-bond donors (Lipinski definition) is 0. The number of allylic oxidation sites excluding steroid dienone is 2. The monoisotopic (exact) mass is 517 g/mol. The smallest absolute Gasteiger partial charge is 0.0287 e. The van der Waals surface area contributed by atoms with E-state index in [4.69, 9.17) is 0 Å². The van der Waals surface area contributed by atoms with Crippen molar-refractivity contribution in [2.45, 2.75) is 13.0 Å². The molecule has 2 atom stereocenters. The lowest BCUT2D eigenvalue weighted by atomic mass is 10.0. The van der Waals surface area contributed by atoms with E-state index in [2.05, 4.69) is 164 Å². The lowest BCUT2D eigenvalue weighted by Crippen LogP contribution is -2.40. The number of hydrogen-bond acceptors (Lipinski definition) is 1. The summed E-state index contributed by atoms with van der Waals surface area (Å²) in [7, 11) is -1.35. The minimum absolute atomic E-state index is 0.298. The van der Waals surface area contributed by atoms with E-state index in [0.29, 0.717) is 12.0 Å². The van der Waals surface area contributed by atoms with Gasteiger partial charge in [0.25, 0.3) is 0 Å². The largest absolute Gasteiger partial charge is 0.267 e. The summed E-state index contributed by atoms with van der Waals surface area (Å²) in [6.45, 7) is 7.41. The van der Waals surface area contributed by atoms with Crippen LogP contribution >= 0.6 is 16.0 Å². The van der Waals surface area contributed by atoms with Crippen LogP contribution < -0.4 is 21.2 Å². The Morgan fingerprint density at radius 1 is 0.703 bits per heavy atom. The van der Waals surface area contributed by atoms with Crippen molar-refractivity contribution in [3.05, 3.63) is 158 Å². The summed E-state index contributed by atoms with van der Waals surface area (Å²) in [4.78, 5) is 0. The second kappa shape index (κ2) is 12.4. The van der Waals surface area contributed by atoms with Crippen LogP contribution in [0.4, 0.5) is 0 Å². The Bertz CT molecular complexity index is 1250. The van der Waals surface area contributed by atoms with Crippen LogP contribution in [0.3, 0.4) is 0 Å². The third-order valence-electron chi connectivity index (χ3n) is 6.78. The van der Waals surface area contributed by atoms with Crippen molar-refractivity contribution in [2.75, 3.05) is 6.54 Å². The normalized spacial score (nSPS) is 15.8. The van der Waals surface area contributed by atoms with Gasteiger partial charge in [-0.3, -0.25) is 4.67 Å². The predicted octanol–water partition coefficient (Wildman–Crippen LogP) is 7.11. The molecule has 1 nitrogen and oxygen atoms in total. The van der Waals surface area contributed by atoms with Gasteiger partial charge < -0.3 is 0 Å². The van der Waals surface area contributed by atoms with E-state index in [0.717, 1.165) is 6.54 Å². The highest BCUT2D eigenvalue weighted by atomic mass is 31.1. The van der Waals surface area contributed by atoms with Crippen LogP contribution in [0, 0.1) is 5.92 Å². The predicted molar refractivity (Wildman–Crippen MR) is 165 cm³/mol. The third-order valence-corrected chi connectivity index (χ3v) is 12.0. The Morgan fingerprint density at radius 2 is 1.14 bits per heavy atom. The average Bonchev–Trinajstić information content (AvgIpc) is 3.44. The van der Waals surface area contributed by atoms with Crippen molar-refractivity contribution < 1.29 is 0 Å². The molecule has 0 saturated heterocycles. The molecule has 1 aliphatic rings. The first kappa shape index (κ1) is 25.6. The van der Waals surface area contributed by atoms with E-state index in [9.17, 15) is 0 Å². The quantitative estimate of drug-likeness (QED) is 0.160. The molecule has 37 heavy (non-hydrogen) atoms. The highest BCUT2D eigenvalue weighted by Gasteiger charge is 2.35. The fourth-order valence-electron chi connectivity index (χ4n) is 5.05. The van der Waals surface area contributed by atoms with E-state index >= 15 is 0 Å². The van der Waals surface area contributed by atoms with Crippen molar-refractivity contribution in [3.63, 3.8) is 0 Å². The van der Waals surface area contributed by atoms with Crippen LogP contribution in [0.2, 0.25) is 0 Å². The van der Waals surface area contributed by atoms with E-state index in [1.165, 1.54) is 26.5 Å². The summed E-state index contributed by atoms with van der Waals surface area (Å²) in [6.07, 6.45) is 9.14. The number of benzene rings is 4. The molecule has 0 amide bonds. The van der Waals surface area contributed by atoms with Crippen molar-refractivity contribution in [1.82, 2.24) is 4.67 Å². The van der Waals surface area contributed by atoms with Gasteiger partial charge in [0.1, 0.15) is 0 Å². The molecule has 184 valence electrons. The molecule has 0 spiro atoms. The van der Waals surface area contributed by atoms with Crippen molar-refractivity contribution >= 4 is 37.2 Å². The molecule has 0 saturated carbocycles. The molecule has 5 rings (SSSR count). The maximum absolute atomic E-state index is 4.17. The maximum Gasteiger partial charge on any atom is 0.0287 e. The molecule has 0 fully saturated rings. The Morgan fingerprint density at radius 3 is 1.57 bits per heavy atom. The molecule has 0 aromatic heterocycles. The van der Waals surface area contributed by atoms with Crippen LogP contribution in [0.1, 0.15) is 6.92 Å². The molecule has 3 heteroatoms. The molecule has 0 radical (unpaired) electrons. The highest BCUT2D eigenvalue weighted by molar-refractivity contribution is 7.76. The van der Waals surface area contributed by atoms with Gasteiger partial charge in [-0.05, 0) is 41.4 Å². The van der Waals surface area contributed by atoms with Gasteiger partial charge in [-0.1, -0.05) is 146 Å². The SMILES string of the molecule is C=CCN(C(C)C1C=CC=C1P(c1ccccc1)c1ccccc1)P(c1ccccc1)c1ccccc1. The van der Waals surface area contributed by atoms with Gasteiger partial charge in [-0.25, -0.2) is 0 Å². The van der Waals surface area contributed by atoms with Gasteiger partial charge in [0.15, 0.2) is 0 Å². The molecule has 4 aromatic carbocycles. The number of rotatable bonds is 10. The molecule has 0 aliphatic heterocycles. The van der Waals surface area contributed by atoms with Crippen LogP contribution in [0.15, 0.2) is 158 Å². The summed E-state index contributed by atoms with van der Waals surface area (Å²) < 4.78 is 2.69. The third kappa shape index (κ3) is 5.76. The first-order chi connectivity index (χ1) is 18.3. The van der Waals surface area contributed by atoms with Gasteiger partial charge in [0, 0.05) is 26.6 Å². The van der Waals surface area contributed by atoms with Crippen molar-refractivity contribution in [1.29, 1.82) is 0 Å². The minimum Gasteiger partial charge on any atom is -0.267 e. The van der Waals surface area contributed by atoms with E-state index in [1.807, 2.05) is 0 Å². The Labute approximate surface area is 224 Å². The zero-order valence-electron chi connectivity index (χ0n) is 21.3. The van der Waals surface area contributed by atoms with Gasteiger partial charge in [-0.15, -0.1) is 6.58 Å². The first-order valence-electron chi connectivity index (χ1n) is 12.8. The summed E-state index contributed by atoms with van der Waals surface area (Å²) in [5, 5.41) is 7.07. The van der Waals surface area contributed by atoms with Gasteiger partial charge in [0.05, 0.1) is 0 Å². The number of nitrogens with zero attached hydrogens (tertiary/aromatic N) is 1. The van der Waals surface area contributed by atoms with Crippen LogP contribution in [-0.2, 0) is 0 Å². The summed E-state index contributed by atoms with van der Waals surface area (Å²) >= 11 is 0. The first-order valence-corrected chi connectivity index (χ1v) is 15.5. The van der Waals surface area contributed by atoms with E-state index < -0.39 is 16.0 Å². The second-order valence-corrected chi connectivity index (χ2v) is 13.5. The molecule has 4 aromatic rings. The van der Waals surface area contributed by atoms with E-state index in [1.54, 1.807) is 0 Å². The standard InChI is InChI=1S/C34H33NP2/c1-3-27-35(37(31-21-12-6-13-22-31)32-23-14-7-15-24-32)28(2)33-25-16-26-34(33)36(29-17-8-4-9-18-29)30-19-10-5-11-20-30/h3-26,28,33H,1,27H2,2H3. The Hall–Kier alpha value is -3.08. The highest BCUT2D eigenvalue weighted by Crippen LogP contribution is 2.52. The van der Waals surface area contributed by atoms with Gasteiger partial charge >= 0.3 is 0 Å². The van der Waals surface area contributed by atoms with Crippen molar-refractivity contribution in [2.24, 2.45) is 5.92 Å². The van der Waals surface area contributed by atoms with Gasteiger partial charge in [-0.2, -0.15) is 0 Å².